The molecule has 2 fully saturated rings. The maximum absolute atomic E-state index is 6.15. The fourth-order valence-electron chi connectivity index (χ4n) is 4.55. The number of rotatable bonds is 3. The number of nitrogens with zero attached hydrogens (tertiary/aromatic N) is 1. The zero-order chi connectivity index (χ0) is 17.3. The number of ether oxygens (including phenoxy) is 1. The van der Waals surface area contributed by atoms with Gasteiger partial charge in [-0.15, -0.1) is 0 Å². The fraction of sp³-hybridized carbons (Fsp3) is 0.727. The molecule has 0 amide bonds. The van der Waals surface area contributed by atoms with Gasteiger partial charge in [-0.25, -0.2) is 0 Å². The average Bonchev–Trinajstić information content (AvgIpc) is 2.94. The van der Waals surface area contributed by atoms with E-state index < -0.39 is 0 Å². The lowest BCUT2D eigenvalue weighted by atomic mass is 9.85. The predicted molar refractivity (Wildman–Crippen MR) is 102 cm³/mol. The highest BCUT2D eigenvalue weighted by atomic mass is 16.5. The van der Waals surface area contributed by atoms with E-state index in [1.54, 1.807) is 0 Å². The molecular weight excluding hydrogens is 294 g/mol. The second-order valence-electron chi connectivity index (χ2n) is 9.42. The quantitative estimate of drug-likeness (QED) is 0.787. The van der Waals surface area contributed by atoms with Crippen LogP contribution >= 0.6 is 0 Å². The van der Waals surface area contributed by atoms with Crippen LogP contribution in [-0.4, -0.2) is 37.2 Å². The maximum atomic E-state index is 6.15. The van der Waals surface area contributed by atoms with Crippen LogP contribution in [0.25, 0.3) is 0 Å². The summed E-state index contributed by atoms with van der Waals surface area (Å²) in [6.07, 6.45) is 2.97. The van der Waals surface area contributed by atoms with Crippen LogP contribution in [0.15, 0.2) is 24.3 Å². The van der Waals surface area contributed by atoms with Crippen LogP contribution in [0.5, 0.6) is 0 Å². The highest BCUT2D eigenvalue weighted by Crippen LogP contribution is 2.32. The van der Waals surface area contributed by atoms with Crippen LogP contribution in [-0.2, 0) is 10.2 Å². The van der Waals surface area contributed by atoms with Gasteiger partial charge in [0.25, 0.3) is 0 Å². The van der Waals surface area contributed by atoms with Crippen LogP contribution in [0.4, 0.5) is 0 Å². The third kappa shape index (κ3) is 4.40. The molecule has 2 nitrogen and oxygen atoms in total. The predicted octanol–water partition coefficient (Wildman–Crippen LogP) is 4.83. The molecule has 2 heteroatoms. The molecule has 0 spiro atoms. The van der Waals surface area contributed by atoms with Gasteiger partial charge in [0, 0.05) is 25.6 Å². The number of piperidine rings is 1. The van der Waals surface area contributed by atoms with Gasteiger partial charge in [-0.05, 0) is 41.2 Å². The van der Waals surface area contributed by atoms with E-state index in [-0.39, 0.29) is 5.41 Å². The van der Waals surface area contributed by atoms with E-state index in [0.29, 0.717) is 12.0 Å². The molecule has 1 aromatic rings. The van der Waals surface area contributed by atoms with E-state index in [9.17, 15) is 0 Å². The van der Waals surface area contributed by atoms with E-state index in [2.05, 4.69) is 63.8 Å². The molecule has 24 heavy (non-hydrogen) atoms. The fourth-order valence-corrected chi connectivity index (χ4v) is 4.55. The van der Waals surface area contributed by atoms with Gasteiger partial charge in [0.05, 0.1) is 12.7 Å². The molecule has 0 aromatic heterocycles. The Labute approximate surface area is 148 Å². The van der Waals surface area contributed by atoms with Gasteiger partial charge >= 0.3 is 0 Å². The molecular formula is C22H35NO. The Hall–Kier alpha value is -0.860. The van der Waals surface area contributed by atoms with Crippen LogP contribution < -0.4 is 0 Å². The monoisotopic (exact) mass is 329 g/mol. The molecule has 2 aliphatic rings. The number of likely N-dealkylation sites (tertiary alicyclic amines) is 1. The summed E-state index contributed by atoms with van der Waals surface area (Å²) in [7, 11) is 0. The van der Waals surface area contributed by atoms with Crippen molar-refractivity contribution in [2.75, 3.05) is 26.2 Å². The molecule has 2 aliphatic heterocycles. The summed E-state index contributed by atoms with van der Waals surface area (Å²) in [6.45, 7) is 16.1. The summed E-state index contributed by atoms with van der Waals surface area (Å²) in [6, 6.07) is 9.25. The number of benzene rings is 1. The first-order valence-electron chi connectivity index (χ1n) is 9.75. The molecule has 0 N–H and O–H groups in total. The Morgan fingerprint density at radius 1 is 1.00 bits per heavy atom. The SMILES string of the molecule is CC1CC(C)CN(CC2CC(c3ccc(C(C)(C)C)cc3)CO2)C1. The maximum Gasteiger partial charge on any atom is 0.0708 e. The van der Waals surface area contributed by atoms with Crippen LogP contribution in [0.3, 0.4) is 0 Å². The minimum atomic E-state index is 0.231. The Morgan fingerprint density at radius 2 is 1.62 bits per heavy atom. The zero-order valence-corrected chi connectivity index (χ0v) is 16.2. The Balaban J connectivity index is 1.55. The van der Waals surface area contributed by atoms with Crippen molar-refractivity contribution >= 4 is 0 Å². The first kappa shape index (κ1) is 17.9. The number of hydrogen-bond acceptors (Lipinski definition) is 2. The van der Waals surface area contributed by atoms with E-state index in [1.165, 1.54) is 37.1 Å². The third-order valence-corrected chi connectivity index (χ3v) is 5.73. The van der Waals surface area contributed by atoms with Gasteiger partial charge in [-0.1, -0.05) is 58.9 Å². The molecule has 0 saturated carbocycles. The highest BCUT2D eigenvalue weighted by Gasteiger charge is 2.30. The van der Waals surface area contributed by atoms with Crippen LogP contribution in [0, 0.1) is 11.8 Å². The van der Waals surface area contributed by atoms with E-state index in [0.717, 1.165) is 25.0 Å². The largest absolute Gasteiger partial charge is 0.376 e. The Kier molecular flexibility index (Phi) is 5.36. The summed E-state index contributed by atoms with van der Waals surface area (Å²) in [5, 5.41) is 0. The van der Waals surface area contributed by atoms with Gasteiger partial charge in [0.15, 0.2) is 0 Å². The van der Waals surface area contributed by atoms with Gasteiger partial charge in [0.2, 0.25) is 0 Å². The average molecular weight is 330 g/mol. The van der Waals surface area contributed by atoms with Gasteiger partial charge in [-0.3, -0.25) is 0 Å². The lowest BCUT2D eigenvalue weighted by Gasteiger charge is -2.36. The summed E-state index contributed by atoms with van der Waals surface area (Å²) >= 11 is 0. The van der Waals surface area contributed by atoms with E-state index in [1.807, 2.05) is 0 Å². The number of hydrogen-bond donors (Lipinski definition) is 0. The van der Waals surface area contributed by atoms with Crippen molar-refractivity contribution in [2.45, 2.75) is 64.9 Å². The molecule has 0 radical (unpaired) electrons. The Morgan fingerprint density at radius 3 is 2.21 bits per heavy atom. The minimum Gasteiger partial charge on any atom is -0.376 e. The molecule has 4 unspecified atom stereocenters. The zero-order valence-electron chi connectivity index (χ0n) is 16.2. The lowest BCUT2D eigenvalue weighted by Crippen LogP contribution is -2.42. The van der Waals surface area contributed by atoms with E-state index in [4.69, 9.17) is 4.74 Å². The molecule has 1 aromatic carbocycles. The Bertz CT molecular complexity index is 520. The minimum absolute atomic E-state index is 0.231. The second kappa shape index (κ2) is 7.17. The molecule has 0 bridgehead atoms. The van der Waals surface area contributed by atoms with Crippen molar-refractivity contribution in [3.63, 3.8) is 0 Å². The second-order valence-corrected chi connectivity index (χ2v) is 9.42. The first-order valence-corrected chi connectivity index (χ1v) is 9.75. The first-order chi connectivity index (χ1) is 11.3. The molecule has 3 rings (SSSR count). The molecule has 134 valence electrons. The van der Waals surface area contributed by atoms with E-state index >= 15 is 0 Å². The summed E-state index contributed by atoms with van der Waals surface area (Å²) < 4.78 is 6.15. The van der Waals surface area contributed by atoms with Crippen molar-refractivity contribution in [1.29, 1.82) is 0 Å². The van der Waals surface area contributed by atoms with Crippen molar-refractivity contribution in [3.8, 4) is 0 Å². The van der Waals surface area contributed by atoms with Gasteiger partial charge < -0.3 is 9.64 Å². The molecule has 0 aliphatic carbocycles. The van der Waals surface area contributed by atoms with Gasteiger partial charge in [0.1, 0.15) is 0 Å². The van der Waals surface area contributed by atoms with Crippen molar-refractivity contribution in [1.82, 2.24) is 4.90 Å². The molecule has 2 heterocycles. The summed E-state index contributed by atoms with van der Waals surface area (Å²) in [5.41, 5.74) is 3.10. The highest BCUT2D eigenvalue weighted by molar-refractivity contribution is 5.30. The lowest BCUT2D eigenvalue weighted by molar-refractivity contribution is 0.0470. The molecule has 4 atom stereocenters. The van der Waals surface area contributed by atoms with Crippen LogP contribution in [0.1, 0.15) is 64.5 Å². The standard InChI is InChI=1S/C22H35NO/c1-16-10-17(2)13-23(12-16)14-21-11-19(15-24-21)18-6-8-20(9-7-18)22(3,4)5/h6-9,16-17,19,21H,10-15H2,1-5H3. The summed E-state index contributed by atoms with van der Waals surface area (Å²) in [5.74, 6) is 2.23. The molecule has 2 saturated heterocycles. The van der Waals surface area contributed by atoms with Crippen molar-refractivity contribution in [3.05, 3.63) is 35.4 Å². The summed E-state index contributed by atoms with van der Waals surface area (Å²) in [4.78, 5) is 2.63. The van der Waals surface area contributed by atoms with Crippen molar-refractivity contribution in [2.24, 2.45) is 11.8 Å². The van der Waals surface area contributed by atoms with Gasteiger partial charge in [-0.2, -0.15) is 0 Å². The normalized spacial score (nSPS) is 32.2. The third-order valence-electron chi connectivity index (χ3n) is 5.73. The van der Waals surface area contributed by atoms with Crippen LogP contribution in [0.2, 0.25) is 0 Å². The van der Waals surface area contributed by atoms with Crippen molar-refractivity contribution < 1.29 is 4.74 Å². The smallest absolute Gasteiger partial charge is 0.0708 e. The topological polar surface area (TPSA) is 12.5 Å².